The number of hydrogen-bond donors (Lipinski definition) is 1. The Morgan fingerprint density at radius 2 is 1.91 bits per heavy atom. The van der Waals surface area contributed by atoms with Gasteiger partial charge in [-0.15, -0.1) is 0 Å². The minimum atomic E-state index is -0.205. The molecule has 0 atom stereocenters. The second-order valence-electron chi connectivity index (χ2n) is 5.03. The van der Waals surface area contributed by atoms with E-state index in [0.29, 0.717) is 43.2 Å². The van der Waals surface area contributed by atoms with E-state index in [0.717, 1.165) is 6.41 Å². The largest absolute Gasteiger partial charge is 0.496 e. The molecule has 0 unspecified atom stereocenters. The molecule has 1 saturated heterocycles. The number of anilines is 1. The molecule has 7 nitrogen and oxygen atoms in total. The standard InChI is InChI=1S/C15H19N3O4/c1-11(20)16-12-3-4-14(22-2)13(9-12)15(21)18-7-5-17(10-19)6-8-18/h3-4,9-10H,5-8H2,1-2H3,(H,16,20). The van der Waals surface area contributed by atoms with Gasteiger partial charge in [0.05, 0.1) is 12.7 Å². The second kappa shape index (κ2) is 6.93. The number of methoxy groups -OCH3 is 1. The van der Waals surface area contributed by atoms with Crippen molar-refractivity contribution in [2.24, 2.45) is 0 Å². The number of carbonyl (C=O) groups excluding carboxylic acids is 3. The summed E-state index contributed by atoms with van der Waals surface area (Å²) in [6, 6.07) is 4.94. The molecule has 0 aliphatic carbocycles. The first-order valence-corrected chi connectivity index (χ1v) is 6.99. The molecule has 1 N–H and O–H groups in total. The monoisotopic (exact) mass is 305 g/mol. The average molecular weight is 305 g/mol. The Bertz CT molecular complexity index is 580. The van der Waals surface area contributed by atoms with Gasteiger partial charge in [0.15, 0.2) is 0 Å². The van der Waals surface area contributed by atoms with Gasteiger partial charge in [0.1, 0.15) is 5.75 Å². The van der Waals surface area contributed by atoms with Crippen molar-refractivity contribution >= 4 is 23.9 Å². The van der Waals surface area contributed by atoms with Gasteiger partial charge in [0, 0.05) is 38.8 Å². The third-order valence-electron chi connectivity index (χ3n) is 3.50. The third kappa shape index (κ3) is 3.55. The highest BCUT2D eigenvalue weighted by atomic mass is 16.5. The number of hydrogen-bond acceptors (Lipinski definition) is 4. The Kier molecular flexibility index (Phi) is 4.98. The summed E-state index contributed by atoms with van der Waals surface area (Å²) in [5.41, 5.74) is 0.941. The highest BCUT2D eigenvalue weighted by molar-refractivity contribution is 5.99. The molecule has 3 amide bonds. The molecule has 0 spiro atoms. The number of piperazine rings is 1. The minimum absolute atomic E-state index is 0.172. The molecule has 1 heterocycles. The first-order valence-electron chi connectivity index (χ1n) is 6.99. The van der Waals surface area contributed by atoms with Crippen molar-refractivity contribution in [3.05, 3.63) is 23.8 Å². The van der Waals surface area contributed by atoms with Crippen LogP contribution in [0.3, 0.4) is 0 Å². The van der Waals surface area contributed by atoms with Crippen LogP contribution in [0.5, 0.6) is 5.75 Å². The topological polar surface area (TPSA) is 79.0 Å². The SMILES string of the molecule is COc1ccc(NC(C)=O)cc1C(=O)N1CCN(C=O)CC1. The van der Waals surface area contributed by atoms with Gasteiger partial charge in [0.25, 0.3) is 5.91 Å². The zero-order valence-electron chi connectivity index (χ0n) is 12.7. The van der Waals surface area contributed by atoms with Crippen molar-refractivity contribution in [1.82, 2.24) is 9.80 Å². The zero-order chi connectivity index (χ0) is 16.1. The van der Waals surface area contributed by atoms with E-state index < -0.39 is 0 Å². The first-order chi connectivity index (χ1) is 10.5. The fraction of sp³-hybridized carbons (Fsp3) is 0.400. The van der Waals surface area contributed by atoms with Crippen LogP contribution in [-0.4, -0.2) is 61.3 Å². The number of ether oxygens (including phenoxy) is 1. The minimum Gasteiger partial charge on any atom is -0.496 e. The molecule has 118 valence electrons. The highest BCUT2D eigenvalue weighted by Gasteiger charge is 2.24. The maximum atomic E-state index is 12.6. The summed E-state index contributed by atoms with van der Waals surface area (Å²) in [6.45, 7) is 3.40. The number of rotatable bonds is 4. The van der Waals surface area contributed by atoms with Crippen molar-refractivity contribution in [1.29, 1.82) is 0 Å². The van der Waals surface area contributed by atoms with Gasteiger partial charge in [-0.1, -0.05) is 0 Å². The van der Waals surface area contributed by atoms with Gasteiger partial charge in [-0.2, -0.15) is 0 Å². The maximum absolute atomic E-state index is 12.6. The number of benzene rings is 1. The van der Waals surface area contributed by atoms with Crippen LogP contribution >= 0.6 is 0 Å². The van der Waals surface area contributed by atoms with E-state index in [1.54, 1.807) is 28.0 Å². The number of nitrogens with zero attached hydrogens (tertiary/aromatic N) is 2. The molecule has 2 rings (SSSR count). The van der Waals surface area contributed by atoms with Gasteiger partial charge in [-0.3, -0.25) is 14.4 Å². The Balaban J connectivity index is 2.20. The Morgan fingerprint density at radius 1 is 1.23 bits per heavy atom. The molecule has 1 aliphatic heterocycles. The van der Waals surface area contributed by atoms with E-state index in [1.165, 1.54) is 14.0 Å². The van der Waals surface area contributed by atoms with Gasteiger partial charge in [0.2, 0.25) is 12.3 Å². The van der Waals surface area contributed by atoms with Gasteiger partial charge >= 0.3 is 0 Å². The van der Waals surface area contributed by atoms with Crippen LogP contribution in [0.2, 0.25) is 0 Å². The normalized spacial score (nSPS) is 14.5. The van der Waals surface area contributed by atoms with Crippen molar-refractivity contribution in [3.8, 4) is 5.75 Å². The first kappa shape index (κ1) is 15.8. The van der Waals surface area contributed by atoms with Gasteiger partial charge in [-0.05, 0) is 18.2 Å². The summed E-state index contributed by atoms with van der Waals surface area (Å²) < 4.78 is 5.23. The average Bonchev–Trinajstić information content (AvgIpc) is 2.53. The lowest BCUT2D eigenvalue weighted by Crippen LogP contribution is -2.48. The van der Waals surface area contributed by atoms with Crippen LogP contribution in [0, 0.1) is 0 Å². The zero-order valence-corrected chi connectivity index (χ0v) is 12.7. The van der Waals surface area contributed by atoms with Gasteiger partial charge < -0.3 is 19.9 Å². The van der Waals surface area contributed by atoms with Crippen LogP contribution in [-0.2, 0) is 9.59 Å². The quantitative estimate of drug-likeness (QED) is 0.825. The smallest absolute Gasteiger partial charge is 0.257 e. The highest BCUT2D eigenvalue weighted by Crippen LogP contribution is 2.24. The number of carbonyl (C=O) groups is 3. The molecule has 7 heteroatoms. The van der Waals surface area contributed by atoms with Crippen LogP contribution in [0.25, 0.3) is 0 Å². The van der Waals surface area contributed by atoms with Crippen molar-refractivity contribution in [2.45, 2.75) is 6.92 Å². The van der Waals surface area contributed by atoms with Crippen LogP contribution in [0.4, 0.5) is 5.69 Å². The predicted molar refractivity (Wildman–Crippen MR) is 80.8 cm³/mol. The summed E-state index contributed by atoms with van der Waals surface area (Å²) in [5, 5.41) is 2.65. The summed E-state index contributed by atoms with van der Waals surface area (Å²) >= 11 is 0. The predicted octanol–water partition coefficient (Wildman–Crippen LogP) is 0.568. The molecule has 0 bridgehead atoms. The van der Waals surface area contributed by atoms with Gasteiger partial charge in [-0.25, -0.2) is 0 Å². The fourth-order valence-corrected chi connectivity index (χ4v) is 2.36. The molecule has 1 aliphatic rings. The number of nitrogens with one attached hydrogen (secondary N) is 1. The molecule has 1 fully saturated rings. The van der Waals surface area contributed by atoms with E-state index in [9.17, 15) is 14.4 Å². The molecular formula is C15H19N3O4. The Hall–Kier alpha value is -2.57. The van der Waals surface area contributed by atoms with Crippen LogP contribution in [0.15, 0.2) is 18.2 Å². The lowest BCUT2D eigenvalue weighted by molar-refractivity contribution is -0.119. The second-order valence-corrected chi connectivity index (χ2v) is 5.03. The van der Waals surface area contributed by atoms with E-state index >= 15 is 0 Å². The van der Waals surface area contributed by atoms with Crippen molar-refractivity contribution in [3.63, 3.8) is 0 Å². The molecule has 0 saturated carbocycles. The Labute approximate surface area is 128 Å². The lowest BCUT2D eigenvalue weighted by Gasteiger charge is -2.32. The van der Waals surface area contributed by atoms with Crippen molar-refractivity contribution in [2.75, 3.05) is 38.6 Å². The van der Waals surface area contributed by atoms with E-state index in [2.05, 4.69) is 5.32 Å². The molecule has 0 radical (unpaired) electrons. The molecule has 1 aromatic carbocycles. The Morgan fingerprint density at radius 3 is 2.45 bits per heavy atom. The lowest BCUT2D eigenvalue weighted by atomic mass is 10.1. The molecule has 0 aromatic heterocycles. The van der Waals surface area contributed by atoms with Crippen molar-refractivity contribution < 1.29 is 19.1 Å². The van der Waals surface area contributed by atoms with E-state index in [1.807, 2.05) is 0 Å². The molecular weight excluding hydrogens is 286 g/mol. The number of amides is 3. The third-order valence-corrected chi connectivity index (χ3v) is 3.50. The summed E-state index contributed by atoms with van der Waals surface area (Å²) in [4.78, 5) is 37.8. The van der Waals surface area contributed by atoms with Crippen LogP contribution in [0.1, 0.15) is 17.3 Å². The van der Waals surface area contributed by atoms with Crippen LogP contribution < -0.4 is 10.1 Å². The summed E-state index contributed by atoms with van der Waals surface area (Å²) in [7, 11) is 1.49. The summed E-state index contributed by atoms with van der Waals surface area (Å²) in [5.74, 6) is 0.0784. The van der Waals surface area contributed by atoms with E-state index in [4.69, 9.17) is 4.74 Å². The molecule has 22 heavy (non-hydrogen) atoms. The van der Waals surface area contributed by atoms with E-state index in [-0.39, 0.29) is 11.8 Å². The fourth-order valence-electron chi connectivity index (χ4n) is 2.36. The molecule has 1 aromatic rings. The maximum Gasteiger partial charge on any atom is 0.257 e. The summed E-state index contributed by atoms with van der Waals surface area (Å²) in [6.07, 6.45) is 0.791.